The Labute approximate surface area is 178 Å². The molecule has 0 spiro atoms. The summed E-state index contributed by atoms with van der Waals surface area (Å²) in [5.74, 6) is -1.42. The molecule has 0 bridgehead atoms. The molecule has 2 aliphatic heterocycles. The standard InChI is InChI=1S/C23H20N4O4/c1-13(17-5-3-2-4-15(17)11-24)25-21(29)14-6-7-18-16(10-14)12-27(23(18)31)19-8-9-20(28)26-22(19)30/h2-7,10,13,19H,8-9,12H2,1H3,(H,25,29)(H,26,28,30)/t13-,19?/m1/s1. The molecule has 0 saturated carbocycles. The van der Waals surface area contributed by atoms with Crippen LogP contribution in [0, 0.1) is 11.3 Å². The van der Waals surface area contributed by atoms with Crippen LogP contribution in [0.5, 0.6) is 0 Å². The van der Waals surface area contributed by atoms with Crippen molar-refractivity contribution in [3.8, 4) is 6.07 Å². The van der Waals surface area contributed by atoms with Crippen LogP contribution < -0.4 is 10.6 Å². The summed E-state index contributed by atoms with van der Waals surface area (Å²) in [6.45, 7) is 2.00. The van der Waals surface area contributed by atoms with E-state index in [9.17, 15) is 24.4 Å². The number of hydrogen-bond donors (Lipinski definition) is 2. The van der Waals surface area contributed by atoms with Gasteiger partial charge >= 0.3 is 0 Å². The van der Waals surface area contributed by atoms with Crippen molar-refractivity contribution in [3.63, 3.8) is 0 Å². The van der Waals surface area contributed by atoms with Crippen LogP contribution in [-0.2, 0) is 16.1 Å². The van der Waals surface area contributed by atoms with Gasteiger partial charge in [-0.15, -0.1) is 0 Å². The van der Waals surface area contributed by atoms with E-state index in [1.807, 2.05) is 6.07 Å². The Morgan fingerprint density at radius 3 is 2.74 bits per heavy atom. The molecule has 8 nitrogen and oxygen atoms in total. The minimum Gasteiger partial charge on any atom is -0.345 e. The van der Waals surface area contributed by atoms with Gasteiger partial charge in [0, 0.05) is 24.1 Å². The lowest BCUT2D eigenvalue weighted by Gasteiger charge is -2.29. The van der Waals surface area contributed by atoms with Crippen molar-refractivity contribution < 1.29 is 19.2 Å². The first-order valence-corrected chi connectivity index (χ1v) is 9.96. The van der Waals surface area contributed by atoms with Crippen molar-refractivity contribution in [2.75, 3.05) is 0 Å². The van der Waals surface area contributed by atoms with Crippen molar-refractivity contribution in [1.29, 1.82) is 5.26 Å². The van der Waals surface area contributed by atoms with E-state index in [0.29, 0.717) is 22.3 Å². The third-order valence-corrected chi connectivity index (χ3v) is 5.68. The van der Waals surface area contributed by atoms with E-state index in [2.05, 4.69) is 16.7 Å². The molecule has 2 heterocycles. The van der Waals surface area contributed by atoms with E-state index in [0.717, 1.165) is 5.56 Å². The molecule has 2 aromatic carbocycles. The maximum absolute atomic E-state index is 12.8. The van der Waals surface area contributed by atoms with Crippen LogP contribution in [0.1, 0.15) is 63.2 Å². The predicted octanol–water partition coefficient (Wildman–Crippen LogP) is 1.81. The quantitative estimate of drug-likeness (QED) is 0.737. The zero-order chi connectivity index (χ0) is 22.1. The van der Waals surface area contributed by atoms with Crippen molar-refractivity contribution in [2.45, 2.75) is 38.4 Å². The Morgan fingerprint density at radius 1 is 1.23 bits per heavy atom. The smallest absolute Gasteiger partial charge is 0.255 e. The molecule has 2 atom stereocenters. The lowest BCUT2D eigenvalue weighted by molar-refractivity contribution is -0.136. The summed E-state index contributed by atoms with van der Waals surface area (Å²) in [6, 6.07) is 12.9. The molecule has 4 rings (SSSR count). The number of nitrogens with one attached hydrogen (secondary N) is 2. The zero-order valence-corrected chi connectivity index (χ0v) is 16.8. The SMILES string of the molecule is C[C@@H](NC(=O)c1ccc2c(c1)CN(C1CCC(=O)NC1=O)C2=O)c1ccccc1C#N. The first-order valence-electron chi connectivity index (χ1n) is 9.96. The fraction of sp³-hybridized carbons (Fsp3) is 0.261. The molecule has 8 heteroatoms. The second kappa shape index (κ2) is 8.03. The molecule has 2 aliphatic rings. The van der Waals surface area contributed by atoms with Crippen LogP contribution in [0.2, 0.25) is 0 Å². The lowest BCUT2D eigenvalue weighted by Crippen LogP contribution is -2.52. The highest BCUT2D eigenvalue weighted by atomic mass is 16.2. The van der Waals surface area contributed by atoms with E-state index >= 15 is 0 Å². The first-order chi connectivity index (χ1) is 14.9. The number of nitriles is 1. The number of hydrogen-bond acceptors (Lipinski definition) is 5. The molecule has 0 radical (unpaired) electrons. The number of carbonyl (C=O) groups excluding carboxylic acids is 4. The summed E-state index contributed by atoms with van der Waals surface area (Å²) in [7, 11) is 0. The highest BCUT2D eigenvalue weighted by molar-refractivity contribution is 6.06. The van der Waals surface area contributed by atoms with Gasteiger partial charge in [0.15, 0.2) is 0 Å². The largest absolute Gasteiger partial charge is 0.345 e. The third-order valence-electron chi connectivity index (χ3n) is 5.68. The van der Waals surface area contributed by atoms with Crippen LogP contribution >= 0.6 is 0 Å². The van der Waals surface area contributed by atoms with Gasteiger partial charge in [-0.2, -0.15) is 5.26 Å². The topological polar surface area (TPSA) is 119 Å². The molecule has 156 valence electrons. The van der Waals surface area contributed by atoms with E-state index in [1.54, 1.807) is 43.3 Å². The number of carbonyl (C=O) groups is 4. The summed E-state index contributed by atoms with van der Waals surface area (Å²) in [4.78, 5) is 50.5. The molecule has 1 saturated heterocycles. The van der Waals surface area contributed by atoms with Gasteiger partial charge in [0.2, 0.25) is 11.8 Å². The van der Waals surface area contributed by atoms with Gasteiger partial charge in [-0.3, -0.25) is 24.5 Å². The number of amides is 4. The number of benzene rings is 2. The predicted molar refractivity (Wildman–Crippen MR) is 110 cm³/mol. The van der Waals surface area contributed by atoms with E-state index in [1.165, 1.54) is 4.90 Å². The summed E-state index contributed by atoms with van der Waals surface area (Å²) in [5, 5.41) is 14.4. The maximum Gasteiger partial charge on any atom is 0.255 e. The highest BCUT2D eigenvalue weighted by Gasteiger charge is 2.39. The van der Waals surface area contributed by atoms with Crippen molar-refractivity contribution in [1.82, 2.24) is 15.5 Å². The monoisotopic (exact) mass is 416 g/mol. The minimum atomic E-state index is -0.697. The summed E-state index contributed by atoms with van der Waals surface area (Å²) >= 11 is 0. The molecule has 31 heavy (non-hydrogen) atoms. The van der Waals surface area contributed by atoms with Crippen LogP contribution in [0.3, 0.4) is 0 Å². The Bertz CT molecular complexity index is 1150. The second-order valence-electron chi connectivity index (χ2n) is 7.67. The fourth-order valence-corrected chi connectivity index (χ4v) is 4.05. The van der Waals surface area contributed by atoms with Crippen molar-refractivity contribution in [3.05, 3.63) is 70.3 Å². The van der Waals surface area contributed by atoms with Gasteiger partial charge in [-0.25, -0.2) is 0 Å². The Balaban J connectivity index is 1.50. The molecule has 1 unspecified atom stereocenters. The van der Waals surface area contributed by atoms with Crippen LogP contribution in [0.15, 0.2) is 42.5 Å². The lowest BCUT2D eigenvalue weighted by atomic mass is 10.0. The van der Waals surface area contributed by atoms with Crippen molar-refractivity contribution in [2.24, 2.45) is 0 Å². The van der Waals surface area contributed by atoms with E-state index in [-0.39, 0.29) is 43.1 Å². The molecule has 1 fully saturated rings. The van der Waals surface area contributed by atoms with Gasteiger partial charge in [0.25, 0.3) is 11.8 Å². The first kappa shape index (κ1) is 20.3. The van der Waals surface area contributed by atoms with E-state index < -0.39 is 11.9 Å². The molecule has 0 aliphatic carbocycles. The fourth-order valence-electron chi connectivity index (χ4n) is 4.05. The molecular weight excluding hydrogens is 396 g/mol. The van der Waals surface area contributed by atoms with Gasteiger partial charge in [0.1, 0.15) is 6.04 Å². The third kappa shape index (κ3) is 3.78. The van der Waals surface area contributed by atoms with Gasteiger partial charge < -0.3 is 10.2 Å². The average molecular weight is 416 g/mol. The molecule has 2 aromatic rings. The normalized spacial score (nSPS) is 18.8. The number of rotatable bonds is 4. The Hall–Kier alpha value is -3.99. The molecular formula is C23H20N4O4. The second-order valence-corrected chi connectivity index (χ2v) is 7.67. The number of imide groups is 1. The van der Waals surface area contributed by atoms with E-state index in [4.69, 9.17) is 0 Å². The summed E-state index contributed by atoms with van der Waals surface area (Å²) < 4.78 is 0. The zero-order valence-electron chi connectivity index (χ0n) is 16.8. The van der Waals surface area contributed by atoms with Gasteiger partial charge in [-0.05, 0) is 48.7 Å². The van der Waals surface area contributed by atoms with Crippen LogP contribution in [0.25, 0.3) is 0 Å². The molecule has 4 amide bonds. The summed E-state index contributed by atoms with van der Waals surface area (Å²) in [5.41, 5.74) is 2.71. The van der Waals surface area contributed by atoms with Gasteiger partial charge in [0.05, 0.1) is 17.7 Å². The minimum absolute atomic E-state index is 0.187. The average Bonchev–Trinajstić information content (AvgIpc) is 3.09. The van der Waals surface area contributed by atoms with Gasteiger partial charge in [-0.1, -0.05) is 18.2 Å². The Morgan fingerprint density at radius 2 is 2.00 bits per heavy atom. The van der Waals surface area contributed by atoms with Crippen LogP contribution in [0.4, 0.5) is 0 Å². The molecule has 2 N–H and O–H groups in total. The highest BCUT2D eigenvalue weighted by Crippen LogP contribution is 2.28. The number of nitrogens with zero attached hydrogens (tertiary/aromatic N) is 2. The number of fused-ring (bicyclic) bond motifs is 1. The maximum atomic E-state index is 12.8. The Kier molecular flexibility index (Phi) is 5.26. The van der Waals surface area contributed by atoms with Crippen LogP contribution in [-0.4, -0.2) is 34.6 Å². The molecule has 0 aromatic heterocycles. The summed E-state index contributed by atoms with van der Waals surface area (Å²) in [6.07, 6.45) is 0.472. The van der Waals surface area contributed by atoms with Crippen molar-refractivity contribution >= 4 is 23.6 Å². The number of piperidine rings is 1.